The number of hydrogen-bond donors (Lipinski definition) is 1. The molecule has 0 spiro atoms. The van der Waals surface area contributed by atoms with E-state index in [9.17, 15) is 4.79 Å². The van der Waals surface area contributed by atoms with E-state index in [1.165, 1.54) is 4.68 Å². The number of rotatable bonds is 4. The standard InChI is InChI=1S/C8H13N3O2.Na.H/c1-11-7(8(9)12)5-6(10-11)3-4-13-2;;/h5H,3-4H2,1-2H3,(H2,9,12);;/q;+1;-1. The van der Waals surface area contributed by atoms with Crippen molar-refractivity contribution in [1.29, 1.82) is 0 Å². The molecule has 0 aliphatic heterocycles. The van der Waals surface area contributed by atoms with Crippen LogP contribution in [0.2, 0.25) is 0 Å². The van der Waals surface area contributed by atoms with Crippen molar-refractivity contribution >= 4 is 5.91 Å². The second-order valence-corrected chi connectivity index (χ2v) is 2.75. The summed E-state index contributed by atoms with van der Waals surface area (Å²) in [4.78, 5) is 10.8. The van der Waals surface area contributed by atoms with Crippen molar-refractivity contribution in [3.05, 3.63) is 17.5 Å². The van der Waals surface area contributed by atoms with Crippen LogP contribution in [0.15, 0.2) is 6.07 Å². The van der Waals surface area contributed by atoms with Crippen molar-refractivity contribution in [1.82, 2.24) is 9.78 Å². The summed E-state index contributed by atoms with van der Waals surface area (Å²) < 4.78 is 6.37. The minimum atomic E-state index is -0.460. The molecule has 14 heavy (non-hydrogen) atoms. The number of primary amides is 1. The van der Waals surface area contributed by atoms with Crippen LogP contribution in [0.4, 0.5) is 0 Å². The molecular formula is C8H14N3NaO2. The third-order valence-corrected chi connectivity index (χ3v) is 1.75. The smallest absolute Gasteiger partial charge is 1.00 e. The number of nitrogens with two attached hydrogens (primary N) is 1. The maximum absolute atomic E-state index is 10.8. The Kier molecular flexibility index (Phi) is 6.03. The fourth-order valence-electron chi connectivity index (χ4n) is 1.09. The third kappa shape index (κ3) is 3.42. The van der Waals surface area contributed by atoms with E-state index in [2.05, 4.69) is 5.10 Å². The molecule has 1 aromatic rings. The SMILES string of the molecule is COCCc1cc(C(N)=O)n(C)n1.[H-].[Na+]. The Morgan fingerprint density at radius 3 is 2.86 bits per heavy atom. The van der Waals surface area contributed by atoms with Crippen LogP contribution in [-0.2, 0) is 18.2 Å². The molecule has 74 valence electrons. The Morgan fingerprint density at radius 1 is 1.79 bits per heavy atom. The molecule has 1 heterocycles. The minimum absolute atomic E-state index is 0. The van der Waals surface area contributed by atoms with Gasteiger partial charge >= 0.3 is 29.6 Å². The number of amides is 1. The van der Waals surface area contributed by atoms with Crippen molar-refractivity contribution in [3.63, 3.8) is 0 Å². The van der Waals surface area contributed by atoms with Crippen LogP contribution in [0.25, 0.3) is 0 Å². The van der Waals surface area contributed by atoms with Gasteiger partial charge in [-0.25, -0.2) is 0 Å². The van der Waals surface area contributed by atoms with Crippen LogP contribution in [-0.4, -0.2) is 29.4 Å². The molecule has 0 unspecified atom stereocenters. The van der Waals surface area contributed by atoms with Crippen molar-refractivity contribution < 1.29 is 40.5 Å². The maximum Gasteiger partial charge on any atom is 1.00 e. The number of hydrogen-bond acceptors (Lipinski definition) is 3. The summed E-state index contributed by atoms with van der Waals surface area (Å²) in [6.45, 7) is 0.592. The molecule has 5 nitrogen and oxygen atoms in total. The van der Waals surface area contributed by atoms with Gasteiger partial charge < -0.3 is 11.9 Å². The summed E-state index contributed by atoms with van der Waals surface area (Å²) in [5.41, 5.74) is 6.37. The molecule has 0 bridgehead atoms. The molecule has 0 saturated carbocycles. The van der Waals surface area contributed by atoms with E-state index in [1.807, 2.05) is 0 Å². The van der Waals surface area contributed by atoms with Crippen LogP contribution in [0.3, 0.4) is 0 Å². The molecule has 0 fully saturated rings. The van der Waals surface area contributed by atoms with Crippen LogP contribution in [0, 0.1) is 0 Å². The first-order chi connectivity index (χ1) is 6.15. The fourth-order valence-corrected chi connectivity index (χ4v) is 1.09. The van der Waals surface area contributed by atoms with Gasteiger partial charge in [-0.05, 0) is 6.07 Å². The van der Waals surface area contributed by atoms with E-state index in [0.29, 0.717) is 18.7 Å². The molecular weight excluding hydrogens is 193 g/mol. The second kappa shape index (κ2) is 6.19. The van der Waals surface area contributed by atoms with Crippen LogP contribution >= 0.6 is 0 Å². The Labute approximate surface area is 106 Å². The fraction of sp³-hybridized carbons (Fsp3) is 0.500. The first kappa shape index (κ1) is 13.6. The number of aromatic nitrogens is 2. The Balaban J connectivity index is 0. The number of nitrogens with zero attached hydrogens (tertiary/aromatic N) is 2. The molecule has 0 saturated heterocycles. The zero-order valence-electron chi connectivity index (χ0n) is 9.78. The van der Waals surface area contributed by atoms with E-state index >= 15 is 0 Å². The topological polar surface area (TPSA) is 70.1 Å². The normalized spacial score (nSPS) is 9.57. The van der Waals surface area contributed by atoms with Gasteiger partial charge in [0.2, 0.25) is 0 Å². The van der Waals surface area contributed by atoms with Gasteiger partial charge in [0.05, 0.1) is 12.3 Å². The Bertz CT molecular complexity index is 317. The van der Waals surface area contributed by atoms with Crippen LogP contribution in [0.1, 0.15) is 17.6 Å². The van der Waals surface area contributed by atoms with Gasteiger partial charge in [0.1, 0.15) is 5.69 Å². The van der Waals surface area contributed by atoms with Gasteiger partial charge in [-0.2, -0.15) is 5.10 Å². The van der Waals surface area contributed by atoms with Gasteiger partial charge in [-0.3, -0.25) is 9.48 Å². The van der Waals surface area contributed by atoms with E-state index in [4.69, 9.17) is 10.5 Å². The van der Waals surface area contributed by atoms with Crippen molar-refractivity contribution in [2.75, 3.05) is 13.7 Å². The van der Waals surface area contributed by atoms with Gasteiger partial charge in [0.25, 0.3) is 5.91 Å². The summed E-state index contributed by atoms with van der Waals surface area (Å²) in [6.07, 6.45) is 0.692. The largest absolute Gasteiger partial charge is 1.00 e. The Morgan fingerprint density at radius 2 is 2.43 bits per heavy atom. The van der Waals surface area contributed by atoms with Gasteiger partial charge in [-0.1, -0.05) is 0 Å². The quantitative estimate of drug-likeness (QED) is 0.529. The van der Waals surface area contributed by atoms with Crippen LogP contribution < -0.4 is 35.3 Å². The van der Waals surface area contributed by atoms with Gasteiger partial charge in [0.15, 0.2) is 0 Å². The zero-order valence-corrected chi connectivity index (χ0v) is 10.8. The minimum Gasteiger partial charge on any atom is -1.00 e. The Hall–Kier alpha value is -0.360. The number of ether oxygens (including phenoxy) is 1. The van der Waals surface area contributed by atoms with E-state index in [0.717, 1.165) is 5.69 Å². The summed E-state index contributed by atoms with van der Waals surface area (Å²) in [5.74, 6) is -0.460. The van der Waals surface area contributed by atoms with E-state index in [-0.39, 0.29) is 31.0 Å². The average molecular weight is 207 g/mol. The number of carbonyl (C=O) groups is 1. The second-order valence-electron chi connectivity index (χ2n) is 2.75. The molecule has 1 amide bonds. The summed E-state index contributed by atoms with van der Waals surface area (Å²) in [6, 6.07) is 1.68. The molecule has 0 aromatic carbocycles. The first-order valence-corrected chi connectivity index (χ1v) is 3.97. The number of carbonyl (C=O) groups excluding carboxylic acids is 1. The molecule has 1 rings (SSSR count). The van der Waals surface area contributed by atoms with Gasteiger partial charge in [0, 0.05) is 20.6 Å². The molecule has 0 aliphatic carbocycles. The molecule has 6 heteroatoms. The van der Waals surface area contributed by atoms with Crippen LogP contribution in [0.5, 0.6) is 0 Å². The monoisotopic (exact) mass is 207 g/mol. The zero-order chi connectivity index (χ0) is 9.84. The predicted molar refractivity (Wildman–Crippen MR) is 48.4 cm³/mol. The van der Waals surface area contributed by atoms with Crippen molar-refractivity contribution in [2.45, 2.75) is 6.42 Å². The molecule has 0 radical (unpaired) electrons. The predicted octanol–water partition coefficient (Wildman–Crippen LogP) is -3.18. The molecule has 0 aliphatic rings. The third-order valence-electron chi connectivity index (χ3n) is 1.75. The van der Waals surface area contributed by atoms with Crippen molar-refractivity contribution in [3.8, 4) is 0 Å². The molecule has 2 N–H and O–H groups in total. The summed E-state index contributed by atoms with van der Waals surface area (Å²) in [7, 11) is 3.31. The summed E-state index contributed by atoms with van der Waals surface area (Å²) in [5, 5.41) is 4.11. The van der Waals surface area contributed by atoms with E-state index in [1.54, 1.807) is 20.2 Å². The van der Waals surface area contributed by atoms with Gasteiger partial charge in [-0.15, -0.1) is 0 Å². The number of methoxy groups -OCH3 is 1. The van der Waals surface area contributed by atoms with E-state index < -0.39 is 5.91 Å². The maximum atomic E-state index is 10.8. The average Bonchev–Trinajstić information content (AvgIpc) is 2.43. The number of aryl methyl sites for hydroxylation is 1. The van der Waals surface area contributed by atoms with Crippen molar-refractivity contribution in [2.24, 2.45) is 12.8 Å². The first-order valence-electron chi connectivity index (χ1n) is 3.97. The molecule has 0 atom stereocenters. The summed E-state index contributed by atoms with van der Waals surface area (Å²) >= 11 is 0. The molecule has 1 aromatic heterocycles.